The van der Waals surface area contributed by atoms with Crippen molar-refractivity contribution < 1.29 is 9.13 Å². The number of aromatic nitrogens is 4. The second-order valence-electron chi connectivity index (χ2n) is 8.08. The molecule has 1 saturated heterocycles. The smallest absolute Gasteiger partial charge is 0.167 e. The highest BCUT2D eigenvalue weighted by molar-refractivity contribution is 5.93. The Hall–Kier alpha value is -2.74. The van der Waals surface area contributed by atoms with Crippen molar-refractivity contribution in [1.29, 1.82) is 0 Å². The number of hydrogen-bond donors (Lipinski definition) is 1. The predicted molar refractivity (Wildman–Crippen MR) is 110 cm³/mol. The third kappa shape index (κ3) is 3.64. The molecule has 7 nitrogen and oxygen atoms in total. The maximum absolute atomic E-state index is 14.3. The van der Waals surface area contributed by atoms with Gasteiger partial charge in [0.15, 0.2) is 11.6 Å². The fourth-order valence-electron chi connectivity index (χ4n) is 3.96. The van der Waals surface area contributed by atoms with Gasteiger partial charge >= 0.3 is 0 Å². The van der Waals surface area contributed by atoms with E-state index in [1.54, 1.807) is 12.4 Å². The van der Waals surface area contributed by atoms with Crippen molar-refractivity contribution in [2.45, 2.75) is 38.8 Å². The van der Waals surface area contributed by atoms with Crippen molar-refractivity contribution in [1.82, 2.24) is 25.1 Å². The number of nitrogens with one attached hydrogen (secondary N) is 1. The van der Waals surface area contributed by atoms with Crippen LogP contribution < -0.4 is 9.64 Å². The number of fused-ring (bicyclic) bond motifs is 1. The molecule has 29 heavy (non-hydrogen) atoms. The first-order valence-corrected chi connectivity index (χ1v) is 10.2. The van der Waals surface area contributed by atoms with Crippen LogP contribution in [0.1, 0.15) is 26.7 Å². The van der Waals surface area contributed by atoms with Crippen LogP contribution in [-0.2, 0) is 0 Å². The molecule has 2 aromatic heterocycles. The first-order valence-electron chi connectivity index (χ1n) is 10.2. The van der Waals surface area contributed by atoms with Gasteiger partial charge in [-0.25, -0.2) is 14.4 Å². The lowest BCUT2D eigenvalue weighted by atomic mass is 10.1. The Morgan fingerprint density at radius 1 is 1.10 bits per heavy atom. The third-order valence-electron chi connectivity index (χ3n) is 5.57. The Morgan fingerprint density at radius 2 is 1.90 bits per heavy atom. The van der Waals surface area contributed by atoms with Crippen molar-refractivity contribution in [3.8, 4) is 17.1 Å². The number of nitrogens with zero attached hydrogens (tertiary/aromatic N) is 5. The number of rotatable bonds is 5. The molecular formula is C21H25FN6O. The molecule has 3 heterocycles. The molecule has 2 fully saturated rings. The van der Waals surface area contributed by atoms with Crippen molar-refractivity contribution in [3.05, 3.63) is 30.3 Å². The molecule has 0 bridgehead atoms. The number of benzene rings is 1. The lowest BCUT2D eigenvalue weighted by molar-refractivity contribution is 0.231. The van der Waals surface area contributed by atoms with Gasteiger partial charge in [0.05, 0.1) is 17.3 Å². The molecule has 3 aromatic rings. The Bertz CT molecular complexity index is 1020. The van der Waals surface area contributed by atoms with Crippen molar-refractivity contribution in [3.63, 3.8) is 0 Å². The van der Waals surface area contributed by atoms with E-state index >= 15 is 0 Å². The standard InChI is InChI=1S/C21H25FN6O/c1-13(2)29-19-9-15-17(10-16(19)22)25-26-21(15)18-11-20(24-12-23-18)28-7-5-27(6-8-28)14-3-4-14/h9-14H,3-8H2,1-2H3,(H,25,26). The van der Waals surface area contributed by atoms with Gasteiger partial charge in [-0.05, 0) is 32.8 Å². The summed E-state index contributed by atoms with van der Waals surface area (Å²) in [5.74, 6) is 0.723. The van der Waals surface area contributed by atoms with Gasteiger partial charge in [-0.2, -0.15) is 5.10 Å². The average molecular weight is 396 g/mol. The molecule has 5 rings (SSSR count). The van der Waals surface area contributed by atoms with Gasteiger partial charge in [-0.15, -0.1) is 0 Å². The summed E-state index contributed by atoms with van der Waals surface area (Å²) >= 11 is 0. The number of hydrogen-bond acceptors (Lipinski definition) is 6. The minimum atomic E-state index is -0.404. The van der Waals surface area contributed by atoms with Crippen LogP contribution in [0.5, 0.6) is 5.75 Å². The third-order valence-corrected chi connectivity index (χ3v) is 5.57. The zero-order valence-corrected chi connectivity index (χ0v) is 16.7. The zero-order chi connectivity index (χ0) is 20.0. The normalized spacial score (nSPS) is 18.0. The predicted octanol–water partition coefficient (Wildman–Crippen LogP) is 3.23. The summed E-state index contributed by atoms with van der Waals surface area (Å²) in [6.45, 7) is 7.83. The van der Waals surface area contributed by atoms with Crippen LogP contribution in [0.25, 0.3) is 22.3 Å². The maximum Gasteiger partial charge on any atom is 0.167 e. The van der Waals surface area contributed by atoms with E-state index in [1.807, 2.05) is 19.9 Å². The number of anilines is 1. The highest BCUT2D eigenvalue weighted by Crippen LogP contribution is 2.32. The Kier molecular flexibility index (Phi) is 4.58. The molecule has 1 aromatic carbocycles. The first-order chi connectivity index (χ1) is 14.1. The Labute approximate surface area is 168 Å². The van der Waals surface area contributed by atoms with Crippen LogP contribution in [0.3, 0.4) is 0 Å². The molecule has 0 amide bonds. The van der Waals surface area contributed by atoms with Crippen LogP contribution in [0.2, 0.25) is 0 Å². The van der Waals surface area contributed by atoms with Crippen LogP contribution in [0.15, 0.2) is 24.5 Å². The Morgan fingerprint density at radius 3 is 2.62 bits per heavy atom. The van der Waals surface area contributed by atoms with Gasteiger partial charge < -0.3 is 9.64 Å². The SMILES string of the molecule is CC(C)Oc1cc2c(-c3cc(N4CCN(C5CC5)CC4)ncn3)n[nH]c2cc1F. The van der Waals surface area contributed by atoms with E-state index in [9.17, 15) is 4.39 Å². The van der Waals surface area contributed by atoms with Gasteiger partial charge in [0.1, 0.15) is 17.8 Å². The molecule has 0 spiro atoms. The fourth-order valence-corrected chi connectivity index (χ4v) is 3.96. The molecule has 1 aliphatic heterocycles. The average Bonchev–Trinajstić information content (AvgIpc) is 3.49. The quantitative estimate of drug-likeness (QED) is 0.714. The van der Waals surface area contributed by atoms with E-state index in [0.717, 1.165) is 43.4 Å². The lowest BCUT2D eigenvalue weighted by Gasteiger charge is -2.35. The maximum atomic E-state index is 14.3. The van der Waals surface area contributed by atoms with Crippen LogP contribution in [0, 0.1) is 5.82 Å². The molecule has 0 atom stereocenters. The molecule has 0 radical (unpaired) electrons. The molecule has 1 N–H and O–H groups in total. The van der Waals surface area contributed by atoms with Gasteiger partial charge in [0, 0.05) is 49.7 Å². The minimum absolute atomic E-state index is 0.114. The number of aromatic amines is 1. The van der Waals surface area contributed by atoms with Crippen molar-refractivity contribution in [2.75, 3.05) is 31.1 Å². The van der Waals surface area contributed by atoms with E-state index < -0.39 is 5.82 Å². The summed E-state index contributed by atoms with van der Waals surface area (Å²) in [6.07, 6.45) is 4.14. The number of piperazine rings is 1. The Balaban J connectivity index is 1.43. The summed E-state index contributed by atoms with van der Waals surface area (Å²) in [5, 5.41) is 8.08. The van der Waals surface area contributed by atoms with Crippen LogP contribution in [0.4, 0.5) is 10.2 Å². The number of halogens is 1. The van der Waals surface area contributed by atoms with E-state index in [1.165, 1.54) is 18.9 Å². The zero-order valence-electron chi connectivity index (χ0n) is 16.7. The summed E-state index contributed by atoms with van der Waals surface area (Å²) in [4.78, 5) is 13.8. The highest BCUT2D eigenvalue weighted by atomic mass is 19.1. The molecular weight excluding hydrogens is 371 g/mol. The minimum Gasteiger partial charge on any atom is -0.488 e. The molecule has 0 unspecified atom stereocenters. The van der Waals surface area contributed by atoms with E-state index in [0.29, 0.717) is 16.9 Å². The van der Waals surface area contributed by atoms with E-state index in [2.05, 4.69) is 30.0 Å². The van der Waals surface area contributed by atoms with Crippen molar-refractivity contribution in [2.24, 2.45) is 0 Å². The molecule has 8 heteroatoms. The van der Waals surface area contributed by atoms with E-state index in [-0.39, 0.29) is 11.9 Å². The second-order valence-corrected chi connectivity index (χ2v) is 8.08. The lowest BCUT2D eigenvalue weighted by Crippen LogP contribution is -2.47. The molecule has 2 aliphatic rings. The number of H-pyrrole nitrogens is 1. The summed E-state index contributed by atoms with van der Waals surface area (Å²) in [7, 11) is 0. The first kappa shape index (κ1) is 18.3. The highest BCUT2D eigenvalue weighted by Gasteiger charge is 2.31. The van der Waals surface area contributed by atoms with Gasteiger partial charge in [-0.1, -0.05) is 0 Å². The van der Waals surface area contributed by atoms with Gasteiger partial charge in [0.2, 0.25) is 0 Å². The molecule has 152 valence electrons. The van der Waals surface area contributed by atoms with E-state index in [4.69, 9.17) is 4.74 Å². The van der Waals surface area contributed by atoms with Crippen LogP contribution >= 0.6 is 0 Å². The van der Waals surface area contributed by atoms with Gasteiger partial charge in [0.25, 0.3) is 0 Å². The largest absolute Gasteiger partial charge is 0.488 e. The van der Waals surface area contributed by atoms with Crippen molar-refractivity contribution >= 4 is 16.7 Å². The second kappa shape index (κ2) is 7.26. The summed E-state index contributed by atoms with van der Waals surface area (Å²) in [6, 6.07) is 5.88. The van der Waals surface area contributed by atoms with Crippen LogP contribution in [-0.4, -0.2) is 63.4 Å². The fraction of sp³-hybridized carbons (Fsp3) is 0.476. The monoisotopic (exact) mass is 396 g/mol. The van der Waals surface area contributed by atoms with Gasteiger partial charge in [-0.3, -0.25) is 10.00 Å². The summed E-state index contributed by atoms with van der Waals surface area (Å²) < 4.78 is 19.9. The molecule has 1 saturated carbocycles. The summed E-state index contributed by atoms with van der Waals surface area (Å²) in [5.41, 5.74) is 2.01. The number of ether oxygens (including phenoxy) is 1. The topological polar surface area (TPSA) is 70.2 Å². The molecule has 1 aliphatic carbocycles.